The fourth-order valence-corrected chi connectivity index (χ4v) is 2.28. The fraction of sp³-hybridized carbons (Fsp3) is 0.500. The van der Waals surface area contributed by atoms with E-state index in [1.807, 2.05) is 0 Å². The van der Waals surface area contributed by atoms with Gasteiger partial charge in [0, 0.05) is 0 Å². The van der Waals surface area contributed by atoms with Crippen LogP contribution < -0.4 is 11.4 Å². The number of anilines is 1. The largest absolute Gasteiger partial charge is 0.394 e. The SMILES string of the molecule is Nc1ncnc2c1[nH]c(=O)n2[C@@H]1O[C@H](CO)C(O)[C@@H]1O. The maximum absolute atomic E-state index is 12.0. The maximum Gasteiger partial charge on any atom is 0.330 e. The lowest BCUT2D eigenvalue weighted by molar-refractivity contribution is -0.0524. The topological polar surface area (TPSA) is 160 Å². The van der Waals surface area contributed by atoms with Gasteiger partial charge in [0.1, 0.15) is 30.2 Å². The number of aliphatic hydroxyl groups is 3. The number of nitrogens with two attached hydrogens (primary N) is 1. The van der Waals surface area contributed by atoms with Gasteiger partial charge in [0.25, 0.3) is 0 Å². The molecule has 108 valence electrons. The molecule has 2 aromatic rings. The summed E-state index contributed by atoms with van der Waals surface area (Å²) in [6.07, 6.45) is -3.66. The Morgan fingerprint density at radius 3 is 2.80 bits per heavy atom. The third kappa shape index (κ3) is 1.70. The van der Waals surface area contributed by atoms with Crippen molar-refractivity contribution < 1.29 is 20.1 Å². The predicted octanol–water partition coefficient (Wildman–Crippen LogP) is -2.69. The lowest BCUT2D eigenvalue weighted by Crippen LogP contribution is -2.34. The summed E-state index contributed by atoms with van der Waals surface area (Å²) in [6.45, 7) is -0.483. The number of rotatable bonds is 2. The second-order valence-electron chi connectivity index (χ2n) is 4.49. The molecule has 4 atom stereocenters. The fourth-order valence-electron chi connectivity index (χ4n) is 2.28. The van der Waals surface area contributed by atoms with Gasteiger partial charge < -0.3 is 30.8 Å². The van der Waals surface area contributed by atoms with Gasteiger partial charge in [-0.25, -0.2) is 19.3 Å². The molecular weight excluding hydrogens is 270 g/mol. The van der Waals surface area contributed by atoms with Gasteiger partial charge in [-0.05, 0) is 0 Å². The van der Waals surface area contributed by atoms with E-state index in [-0.39, 0.29) is 17.0 Å². The van der Waals surface area contributed by atoms with E-state index in [1.165, 1.54) is 6.33 Å². The Morgan fingerprint density at radius 1 is 1.40 bits per heavy atom. The first-order valence-electron chi connectivity index (χ1n) is 5.87. The molecular formula is C10H13N5O5. The average molecular weight is 283 g/mol. The Morgan fingerprint density at radius 2 is 2.15 bits per heavy atom. The molecule has 3 heterocycles. The highest BCUT2D eigenvalue weighted by molar-refractivity contribution is 5.81. The summed E-state index contributed by atoms with van der Waals surface area (Å²) in [7, 11) is 0. The van der Waals surface area contributed by atoms with Gasteiger partial charge in [-0.1, -0.05) is 0 Å². The first kappa shape index (κ1) is 13.0. The first-order valence-corrected chi connectivity index (χ1v) is 5.87. The molecule has 0 radical (unpaired) electrons. The second kappa shape index (κ2) is 4.52. The van der Waals surface area contributed by atoms with Crippen LogP contribution in [0.15, 0.2) is 11.1 Å². The van der Waals surface area contributed by atoms with Gasteiger partial charge in [0.05, 0.1) is 6.61 Å². The third-order valence-electron chi connectivity index (χ3n) is 3.31. The van der Waals surface area contributed by atoms with E-state index in [0.717, 1.165) is 4.57 Å². The number of hydrogen-bond acceptors (Lipinski definition) is 8. The zero-order valence-corrected chi connectivity index (χ0v) is 10.2. The molecule has 20 heavy (non-hydrogen) atoms. The molecule has 10 nitrogen and oxygen atoms in total. The number of fused-ring (bicyclic) bond motifs is 1. The van der Waals surface area contributed by atoms with Crippen LogP contribution >= 0.6 is 0 Å². The van der Waals surface area contributed by atoms with Crippen molar-refractivity contribution in [2.45, 2.75) is 24.5 Å². The minimum Gasteiger partial charge on any atom is -0.394 e. The van der Waals surface area contributed by atoms with Crippen molar-refractivity contribution in [1.82, 2.24) is 19.5 Å². The van der Waals surface area contributed by atoms with Gasteiger partial charge in [-0.15, -0.1) is 0 Å². The monoisotopic (exact) mass is 283 g/mol. The van der Waals surface area contributed by atoms with Gasteiger partial charge in [0.2, 0.25) is 0 Å². The number of aromatic amines is 1. The van der Waals surface area contributed by atoms with E-state index in [4.69, 9.17) is 15.6 Å². The van der Waals surface area contributed by atoms with Crippen LogP contribution in [-0.2, 0) is 4.74 Å². The van der Waals surface area contributed by atoms with Crippen LogP contribution in [0, 0.1) is 0 Å². The Bertz CT molecular complexity index is 697. The average Bonchev–Trinajstić information content (AvgIpc) is 2.90. The smallest absolute Gasteiger partial charge is 0.330 e. The molecule has 10 heteroatoms. The van der Waals surface area contributed by atoms with Gasteiger partial charge >= 0.3 is 5.69 Å². The summed E-state index contributed by atoms with van der Waals surface area (Å²) >= 11 is 0. The standard InChI is InChI=1S/C10H13N5O5/c11-7-4-8(13-2-12-7)15(10(19)14-4)9-6(18)5(17)3(1-16)20-9/h2-3,5-6,9,16-18H,1H2,(H,14,19)(H2,11,12,13)/t3-,5?,6+,9-/m1/s1. The quantitative estimate of drug-likeness (QED) is 0.398. The minimum absolute atomic E-state index is 0.0811. The van der Waals surface area contributed by atoms with Gasteiger partial charge in [-0.2, -0.15) is 0 Å². The lowest BCUT2D eigenvalue weighted by Gasteiger charge is -2.15. The van der Waals surface area contributed by atoms with Crippen molar-refractivity contribution in [3.05, 3.63) is 16.8 Å². The van der Waals surface area contributed by atoms with Crippen LogP contribution in [0.4, 0.5) is 5.82 Å². The predicted molar refractivity (Wildman–Crippen MR) is 65.6 cm³/mol. The Balaban J connectivity index is 2.14. The molecule has 1 saturated heterocycles. The van der Waals surface area contributed by atoms with E-state index >= 15 is 0 Å². The molecule has 1 unspecified atom stereocenters. The summed E-state index contributed by atoms with van der Waals surface area (Å²) < 4.78 is 6.34. The van der Waals surface area contributed by atoms with Crippen molar-refractivity contribution in [1.29, 1.82) is 0 Å². The van der Waals surface area contributed by atoms with Crippen LogP contribution in [-0.4, -0.2) is 59.8 Å². The normalized spacial score (nSPS) is 30.1. The van der Waals surface area contributed by atoms with Crippen molar-refractivity contribution in [2.75, 3.05) is 12.3 Å². The zero-order valence-electron chi connectivity index (χ0n) is 10.2. The number of H-pyrrole nitrogens is 1. The molecule has 0 spiro atoms. The van der Waals surface area contributed by atoms with Gasteiger partial charge in [-0.3, -0.25) is 0 Å². The highest BCUT2D eigenvalue weighted by Gasteiger charge is 2.44. The zero-order chi connectivity index (χ0) is 14.4. The van der Waals surface area contributed by atoms with E-state index in [0.29, 0.717) is 0 Å². The molecule has 0 bridgehead atoms. The third-order valence-corrected chi connectivity index (χ3v) is 3.31. The number of hydrogen-bond donors (Lipinski definition) is 5. The summed E-state index contributed by atoms with van der Waals surface area (Å²) in [6, 6.07) is 0. The van der Waals surface area contributed by atoms with E-state index in [1.54, 1.807) is 0 Å². The molecule has 2 aromatic heterocycles. The number of ether oxygens (including phenoxy) is 1. The van der Waals surface area contributed by atoms with Crippen molar-refractivity contribution in [3.63, 3.8) is 0 Å². The molecule has 1 aliphatic heterocycles. The van der Waals surface area contributed by atoms with E-state index < -0.39 is 36.8 Å². The number of aromatic nitrogens is 4. The minimum atomic E-state index is -1.37. The van der Waals surface area contributed by atoms with Crippen molar-refractivity contribution in [2.24, 2.45) is 0 Å². The number of nitrogens with one attached hydrogen (secondary N) is 1. The van der Waals surface area contributed by atoms with E-state index in [9.17, 15) is 15.0 Å². The molecule has 0 saturated carbocycles. The number of aliphatic hydroxyl groups excluding tert-OH is 3. The van der Waals surface area contributed by atoms with E-state index in [2.05, 4.69) is 15.0 Å². The second-order valence-corrected chi connectivity index (χ2v) is 4.49. The molecule has 1 aliphatic rings. The summed E-state index contributed by atoms with van der Waals surface area (Å²) in [5, 5.41) is 28.7. The van der Waals surface area contributed by atoms with Gasteiger partial charge in [0.15, 0.2) is 17.7 Å². The van der Waals surface area contributed by atoms with Crippen molar-refractivity contribution >= 4 is 17.0 Å². The van der Waals surface area contributed by atoms with Crippen LogP contribution in [0.3, 0.4) is 0 Å². The Hall–Kier alpha value is -2.01. The van der Waals surface area contributed by atoms with Crippen LogP contribution in [0.25, 0.3) is 11.2 Å². The Kier molecular flexibility index (Phi) is 2.94. The molecule has 6 N–H and O–H groups in total. The molecule has 0 amide bonds. The highest BCUT2D eigenvalue weighted by atomic mass is 16.6. The highest BCUT2D eigenvalue weighted by Crippen LogP contribution is 2.30. The summed E-state index contributed by atoms with van der Waals surface area (Å²) in [5.41, 5.74) is 5.38. The number of nitrogen functional groups attached to an aromatic ring is 1. The number of imidazole rings is 1. The maximum atomic E-state index is 12.0. The molecule has 0 aromatic carbocycles. The Labute approximate surface area is 111 Å². The molecule has 1 fully saturated rings. The van der Waals surface area contributed by atoms with Crippen LogP contribution in [0.2, 0.25) is 0 Å². The summed E-state index contributed by atoms with van der Waals surface area (Å²) in [5.74, 6) is 0.0811. The van der Waals surface area contributed by atoms with Crippen molar-refractivity contribution in [3.8, 4) is 0 Å². The number of nitrogens with zero attached hydrogens (tertiary/aromatic N) is 3. The molecule has 3 rings (SSSR count). The van der Waals surface area contributed by atoms with Crippen LogP contribution in [0.1, 0.15) is 6.23 Å². The summed E-state index contributed by atoms with van der Waals surface area (Å²) in [4.78, 5) is 22.1. The lowest BCUT2D eigenvalue weighted by atomic mass is 10.1. The first-order chi connectivity index (χ1) is 9.54. The molecule has 0 aliphatic carbocycles. The van der Waals surface area contributed by atoms with Crippen LogP contribution in [0.5, 0.6) is 0 Å².